The number of carbonyl (C=O) groups is 2. The number of hydrogen-bond donors (Lipinski definition) is 1. The van der Waals surface area contributed by atoms with Crippen molar-refractivity contribution in [1.82, 2.24) is 10.2 Å². The summed E-state index contributed by atoms with van der Waals surface area (Å²) in [5.41, 5.74) is 1.05. The van der Waals surface area contributed by atoms with E-state index in [9.17, 15) is 9.59 Å². The van der Waals surface area contributed by atoms with Crippen molar-refractivity contribution in [2.45, 2.75) is 32.2 Å². The van der Waals surface area contributed by atoms with Gasteiger partial charge in [0.15, 0.2) is 11.5 Å². The molecular weight excluding hydrogens is 296 g/mol. The van der Waals surface area contributed by atoms with Gasteiger partial charge in [0.1, 0.15) is 0 Å². The molecule has 2 amide bonds. The van der Waals surface area contributed by atoms with E-state index < -0.39 is 0 Å². The molecule has 0 radical (unpaired) electrons. The second-order valence-corrected chi connectivity index (χ2v) is 5.67. The third kappa shape index (κ3) is 4.87. The number of rotatable bonds is 8. The molecule has 1 saturated carbocycles. The largest absolute Gasteiger partial charge is 0.493 e. The summed E-state index contributed by atoms with van der Waals surface area (Å²) in [6.45, 7) is 2.17. The Balaban J connectivity index is 1.80. The molecule has 1 aliphatic rings. The topological polar surface area (TPSA) is 67.9 Å². The Hall–Kier alpha value is -2.24. The predicted molar refractivity (Wildman–Crippen MR) is 86.7 cm³/mol. The molecule has 1 aliphatic carbocycles. The van der Waals surface area contributed by atoms with E-state index in [1.807, 2.05) is 18.2 Å². The number of ether oxygens (including phenoxy) is 2. The van der Waals surface area contributed by atoms with Gasteiger partial charge in [-0.25, -0.2) is 0 Å². The summed E-state index contributed by atoms with van der Waals surface area (Å²) < 4.78 is 10.5. The first-order valence-corrected chi connectivity index (χ1v) is 7.80. The molecule has 0 aliphatic heterocycles. The lowest BCUT2D eigenvalue weighted by molar-refractivity contribution is -0.134. The number of carbonyl (C=O) groups excluding carboxylic acids is 2. The maximum atomic E-state index is 12.0. The average molecular weight is 320 g/mol. The molecule has 0 unspecified atom stereocenters. The second-order valence-electron chi connectivity index (χ2n) is 5.67. The molecule has 0 bridgehead atoms. The molecule has 0 spiro atoms. The van der Waals surface area contributed by atoms with Gasteiger partial charge in [0, 0.05) is 19.5 Å². The van der Waals surface area contributed by atoms with Crippen LogP contribution >= 0.6 is 0 Å². The Labute approximate surface area is 136 Å². The highest BCUT2D eigenvalue weighted by molar-refractivity contribution is 5.84. The molecule has 2 rings (SSSR count). The van der Waals surface area contributed by atoms with Crippen LogP contribution in [0.1, 0.15) is 25.3 Å². The number of hydrogen-bond acceptors (Lipinski definition) is 4. The lowest BCUT2D eigenvalue weighted by atomic mass is 10.1. The van der Waals surface area contributed by atoms with Crippen LogP contribution in [-0.2, 0) is 16.0 Å². The summed E-state index contributed by atoms with van der Waals surface area (Å²) in [6.07, 6.45) is 2.69. The molecule has 1 aromatic carbocycles. The normalized spacial score (nSPS) is 13.3. The lowest BCUT2D eigenvalue weighted by Gasteiger charge is -2.19. The first kappa shape index (κ1) is 17.1. The van der Waals surface area contributed by atoms with Crippen molar-refractivity contribution < 1.29 is 19.1 Å². The van der Waals surface area contributed by atoms with Crippen LogP contribution in [0.15, 0.2) is 18.2 Å². The summed E-state index contributed by atoms with van der Waals surface area (Å²) >= 11 is 0. The maximum Gasteiger partial charge on any atom is 0.239 e. The molecule has 0 heterocycles. The van der Waals surface area contributed by atoms with Crippen molar-refractivity contribution in [3.8, 4) is 11.5 Å². The van der Waals surface area contributed by atoms with Crippen LogP contribution in [0, 0.1) is 0 Å². The number of nitrogens with zero attached hydrogens (tertiary/aromatic N) is 1. The van der Waals surface area contributed by atoms with E-state index in [1.165, 1.54) is 6.92 Å². The van der Waals surface area contributed by atoms with E-state index in [2.05, 4.69) is 5.32 Å². The highest BCUT2D eigenvalue weighted by Gasteiger charge is 2.31. The monoisotopic (exact) mass is 320 g/mol. The Morgan fingerprint density at radius 3 is 2.48 bits per heavy atom. The van der Waals surface area contributed by atoms with Gasteiger partial charge in [0.25, 0.3) is 0 Å². The Bertz CT molecular complexity index is 570. The van der Waals surface area contributed by atoms with Crippen LogP contribution in [0.25, 0.3) is 0 Å². The van der Waals surface area contributed by atoms with Gasteiger partial charge in [-0.15, -0.1) is 0 Å². The van der Waals surface area contributed by atoms with Gasteiger partial charge >= 0.3 is 0 Å². The van der Waals surface area contributed by atoms with Gasteiger partial charge in [-0.2, -0.15) is 0 Å². The molecule has 0 saturated heterocycles. The molecule has 6 nitrogen and oxygen atoms in total. The quantitative estimate of drug-likeness (QED) is 0.785. The van der Waals surface area contributed by atoms with Gasteiger partial charge in [-0.05, 0) is 37.0 Å². The number of amides is 2. The van der Waals surface area contributed by atoms with Crippen molar-refractivity contribution in [2.24, 2.45) is 0 Å². The molecule has 0 atom stereocenters. The number of benzene rings is 1. The number of methoxy groups -OCH3 is 2. The fourth-order valence-electron chi connectivity index (χ4n) is 2.48. The highest BCUT2D eigenvalue weighted by Crippen LogP contribution is 2.28. The molecule has 6 heteroatoms. The standard InChI is InChI=1S/C17H24N2O4/c1-12(20)19(14-5-6-14)11-17(21)18-9-8-13-4-7-15(22-2)16(10-13)23-3/h4,7,10,14H,5-6,8-9,11H2,1-3H3,(H,18,21). The van der Waals surface area contributed by atoms with Crippen molar-refractivity contribution in [2.75, 3.05) is 27.3 Å². The summed E-state index contributed by atoms with van der Waals surface area (Å²) in [7, 11) is 3.19. The van der Waals surface area contributed by atoms with Crippen LogP contribution in [-0.4, -0.2) is 50.1 Å². The first-order chi connectivity index (χ1) is 11.0. The van der Waals surface area contributed by atoms with Crippen LogP contribution in [0.2, 0.25) is 0 Å². The highest BCUT2D eigenvalue weighted by atomic mass is 16.5. The van der Waals surface area contributed by atoms with Crippen molar-refractivity contribution in [1.29, 1.82) is 0 Å². The van der Waals surface area contributed by atoms with Gasteiger partial charge in [-0.3, -0.25) is 9.59 Å². The van der Waals surface area contributed by atoms with Crippen LogP contribution in [0.5, 0.6) is 11.5 Å². The summed E-state index contributed by atoms with van der Waals surface area (Å²) in [5.74, 6) is 1.20. The van der Waals surface area contributed by atoms with E-state index in [0.717, 1.165) is 18.4 Å². The molecule has 23 heavy (non-hydrogen) atoms. The fraction of sp³-hybridized carbons (Fsp3) is 0.529. The molecule has 1 N–H and O–H groups in total. The smallest absolute Gasteiger partial charge is 0.239 e. The Morgan fingerprint density at radius 2 is 1.91 bits per heavy atom. The van der Waals surface area contributed by atoms with Gasteiger partial charge in [-0.1, -0.05) is 6.07 Å². The average Bonchev–Trinajstić information content (AvgIpc) is 3.36. The van der Waals surface area contributed by atoms with E-state index in [1.54, 1.807) is 19.1 Å². The Morgan fingerprint density at radius 1 is 1.22 bits per heavy atom. The van der Waals surface area contributed by atoms with Gasteiger partial charge in [0.05, 0.1) is 20.8 Å². The minimum absolute atomic E-state index is 0.0393. The van der Waals surface area contributed by atoms with Gasteiger partial charge < -0.3 is 19.7 Å². The minimum atomic E-state index is -0.118. The zero-order valence-corrected chi connectivity index (χ0v) is 13.9. The lowest BCUT2D eigenvalue weighted by Crippen LogP contribution is -2.41. The Kier molecular flexibility index (Phi) is 5.84. The van der Waals surface area contributed by atoms with Crippen LogP contribution in [0.4, 0.5) is 0 Å². The molecule has 1 fully saturated rings. The predicted octanol–water partition coefficient (Wildman–Crippen LogP) is 1.37. The summed E-state index contributed by atoms with van der Waals surface area (Å²) in [4.78, 5) is 25.1. The molecule has 126 valence electrons. The molecular formula is C17H24N2O4. The van der Waals surface area contributed by atoms with E-state index in [-0.39, 0.29) is 24.4 Å². The maximum absolute atomic E-state index is 12.0. The molecule has 0 aromatic heterocycles. The molecule has 1 aromatic rings. The van der Waals surface area contributed by atoms with Crippen LogP contribution in [0.3, 0.4) is 0 Å². The summed E-state index contributed by atoms with van der Waals surface area (Å²) in [6, 6.07) is 5.95. The zero-order valence-electron chi connectivity index (χ0n) is 13.9. The van der Waals surface area contributed by atoms with Crippen molar-refractivity contribution in [3.63, 3.8) is 0 Å². The van der Waals surface area contributed by atoms with E-state index in [0.29, 0.717) is 24.5 Å². The third-order valence-electron chi connectivity index (χ3n) is 3.89. The van der Waals surface area contributed by atoms with E-state index >= 15 is 0 Å². The van der Waals surface area contributed by atoms with Gasteiger partial charge in [0.2, 0.25) is 11.8 Å². The van der Waals surface area contributed by atoms with E-state index in [4.69, 9.17) is 9.47 Å². The third-order valence-corrected chi connectivity index (χ3v) is 3.89. The number of nitrogens with one attached hydrogen (secondary N) is 1. The summed E-state index contributed by atoms with van der Waals surface area (Å²) in [5, 5.41) is 2.86. The van der Waals surface area contributed by atoms with Crippen molar-refractivity contribution in [3.05, 3.63) is 23.8 Å². The SMILES string of the molecule is COc1ccc(CCNC(=O)CN(C(C)=O)C2CC2)cc1OC. The second kappa shape index (κ2) is 7.85. The minimum Gasteiger partial charge on any atom is -0.493 e. The fourth-order valence-corrected chi connectivity index (χ4v) is 2.48. The first-order valence-electron chi connectivity index (χ1n) is 7.80. The van der Waals surface area contributed by atoms with Crippen LogP contribution < -0.4 is 14.8 Å². The van der Waals surface area contributed by atoms with Crippen molar-refractivity contribution >= 4 is 11.8 Å². The zero-order chi connectivity index (χ0) is 16.8.